The van der Waals surface area contributed by atoms with E-state index in [2.05, 4.69) is 57.5 Å². The summed E-state index contributed by atoms with van der Waals surface area (Å²) in [6.45, 7) is 1.68. The molecule has 432 valence electrons. The summed E-state index contributed by atoms with van der Waals surface area (Å²) in [6, 6.07) is -14.1. The Labute approximate surface area is 442 Å². The van der Waals surface area contributed by atoms with Crippen LogP contribution in [-0.4, -0.2) is 178 Å². The molecule has 0 unspecified atom stereocenters. The summed E-state index contributed by atoms with van der Waals surface area (Å²) >= 11 is 0. The van der Waals surface area contributed by atoms with Crippen LogP contribution in [0, 0.1) is 5.92 Å². The Kier molecular flexibility index (Phi) is 30.7. The number of hydrogen-bond acceptors (Lipinski definition) is 16. The number of aromatic nitrogens is 2. The van der Waals surface area contributed by atoms with Gasteiger partial charge in [0.15, 0.2) is 0 Å². The number of nitrogens with two attached hydrogens (primary N) is 7. The smallest absolute Gasteiger partial charge is 0.338 e. The minimum Gasteiger partial charge on any atom is -0.481 e. The van der Waals surface area contributed by atoms with Gasteiger partial charge in [0.25, 0.3) is 0 Å². The lowest BCUT2D eigenvalue weighted by atomic mass is 10.0. The third kappa shape index (κ3) is 26.8. The summed E-state index contributed by atoms with van der Waals surface area (Å²) < 4.78 is 0. The number of carbonyl (C=O) groups is 12. The Morgan fingerprint density at radius 3 is 1.53 bits per heavy atom. The number of unbranched alkanes of at least 4 members (excludes halogenated alkanes) is 1. The highest BCUT2D eigenvalue weighted by atomic mass is 16.4. The molecule has 1 aromatic heterocycles. The van der Waals surface area contributed by atoms with Gasteiger partial charge in [-0.05, 0) is 63.8 Å². The van der Waals surface area contributed by atoms with Crippen LogP contribution in [-0.2, 0) is 64.0 Å². The maximum Gasteiger partial charge on any atom is 0.338 e. The van der Waals surface area contributed by atoms with Crippen molar-refractivity contribution >= 4 is 76.9 Å². The number of H-pyrrole nitrogens is 2. The molecule has 33 nitrogen and oxygen atoms in total. The number of guanidine groups is 1. The molecule has 0 saturated heterocycles. The number of aliphatic hydroxyl groups excluding tert-OH is 2. The van der Waals surface area contributed by atoms with Crippen molar-refractivity contribution in [2.24, 2.45) is 46.1 Å². The van der Waals surface area contributed by atoms with Crippen LogP contribution in [0.1, 0.15) is 90.2 Å². The Morgan fingerprint density at radius 2 is 1.04 bits per heavy atom. The Bertz CT molecular complexity index is 2190. The number of carbonyl (C=O) groups excluding carboxylic acids is 11. The van der Waals surface area contributed by atoms with Crippen LogP contribution in [0.25, 0.3) is 0 Å². The largest absolute Gasteiger partial charge is 0.481 e. The fraction of sp³-hybridized carbons (Fsp3) is 0.636. The molecule has 0 saturated carbocycles. The molecular formula is C44H78N18O15+2. The van der Waals surface area contributed by atoms with Gasteiger partial charge in [-0.15, -0.1) is 0 Å². The topological polar surface area (TPSA) is 588 Å². The van der Waals surface area contributed by atoms with Gasteiger partial charge in [-0.3, -0.25) is 79.0 Å². The van der Waals surface area contributed by atoms with Gasteiger partial charge in [0.2, 0.25) is 71.3 Å². The molecular weight excluding hydrogens is 1020 g/mol. The highest BCUT2D eigenvalue weighted by molar-refractivity contribution is 5.99. The zero-order chi connectivity index (χ0) is 58.4. The normalized spacial score (nSPS) is 14.5. The highest BCUT2D eigenvalue weighted by Crippen LogP contribution is 2.10. The van der Waals surface area contributed by atoms with Crippen molar-refractivity contribution < 1.29 is 82.8 Å². The number of nitrogens with one attached hydrogen (secondary N) is 11. The predicted molar refractivity (Wildman–Crippen MR) is 268 cm³/mol. The van der Waals surface area contributed by atoms with Gasteiger partial charge in [-0.2, -0.15) is 0 Å². The maximum atomic E-state index is 14.1. The lowest BCUT2D eigenvalue weighted by Gasteiger charge is -2.28. The van der Waals surface area contributed by atoms with Crippen molar-refractivity contribution in [1.82, 2.24) is 47.5 Å². The highest BCUT2D eigenvalue weighted by Gasteiger charge is 2.36. The van der Waals surface area contributed by atoms with Crippen LogP contribution in [0.2, 0.25) is 0 Å². The van der Waals surface area contributed by atoms with E-state index < -0.39 is 164 Å². The van der Waals surface area contributed by atoms with Crippen LogP contribution in [0.3, 0.4) is 0 Å². The van der Waals surface area contributed by atoms with Gasteiger partial charge in [0.1, 0.15) is 60.2 Å². The van der Waals surface area contributed by atoms with Crippen molar-refractivity contribution in [3.05, 3.63) is 18.2 Å². The zero-order valence-corrected chi connectivity index (χ0v) is 43.0. The first-order chi connectivity index (χ1) is 36.2. The van der Waals surface area contributed by atoms with E-state index in [1.54, 1.807) is 13.8 Å². The number of imidazole rings is 1. The van der Waals surface area contributed by atoms with E-state index in [9.17, 15) is 67.7 Å². The monoisotopic (exact) mass is 1100 g/mol. The average molecular weight is 1100 g/mol. The summed E-state index contributed by atoms with van der Waals surface area (Å²) in [5, 5.41) is 48.0. The van der Waals surface area contributed by atoms with E-state index in [4.69, 9.17) is 45.2 Å². The number of carboxylic acids is 1. The quantitative estimate of drug-likeness (QED) is 0.0165. The van der Waals surface area contributed by atoms with Crippen molar-refractivity contribution in [2.75, 3.05) is 26.3 Å². The summed E-state index contributed by atoms with van der Waals surface area (Å²) in [5.74, 6) is -13.0. The average Bonchev–Trinajstić information content (AvgIpc) is 3.87. The van der Waals surface area contributed by atoms with Crippen LogP contribution < -0.4 is 92.6 Å². The molecule has 0 aliphatic rings. The van der Waals surface area contributed by atoms with Crippen molar-refractivity contribution in [3.63, 3.8) is 0 Å². The van der Waals surface area contributed by atoms with Gasteiger partial charge >= 0.3 is 11.9 Å². The number of amides is 11. The Hall–Kier alpha value is -8.04. The molecule has 0 radical (unpaired) electrons. The molecule has 0 aromatic carbocycles. The van der Waals surface area contributed by atoms with Crippen molar-refractivity contribution in [3.8, 4) is 0 Å². The summed E-state index contributed by atoms with van der Waals surface area (Å²) in [6.07, 6.45) is 0.807. The van der Waals surface area contributed by atoms with Gasteiger partial charge in [0, 0.05) is 19.3 Å². The SMILES string of the molecule is CC(C)C[C@H](NC(=O)[C@H](CCC(N)=O)NC(=O)[C@H](CO)NC(=O)[C@@H](N)CCC(=O)O)C(=O)N[C@@H](Cc1c[nH+]c[nH]1)C(=O)N[C@@H](CO)C(=O)N[C@@H](CC(N)=O)C(=O)N[C@@H](CCCCN)C(=O)N[C@@H](CCC[NH+]=C(N)N)C(N)=O. The van der Waals surface area contributed by atoms with Gasteiger partial charge in [-0.1, -0.05) is 13.8 Å². The third-order valence-electron chi connectivity index (χ3n) is 11.2. The molecule has 77 heavy (non-hydrogen) atoms. The summed E-state index contributed by atoms with van der Waals surface area (Å²) in [7, 11) is 0. The fourth-order valence-electron chi connectivity index (χ4n) is 7.10. The second kappa shape index (κ2) is 35.3. The molecule has 1 heterocycles. The van der Waals surface area contributed by atoms with E-state index in [1.165, 1.54) is 12.5 Å². The van der Waals surface area contributed by atoms with Crippen molar-refractivity contribution in [2.45, 2.75) is 145 Å². The molecule has 28 N–H and O–H groups in total. The minimum absolute atomic E-state index is 0.0331. The van der Waals surface area contributed by atoms with Gasteiger partial charge in [0.05, 0.1) is 32.2 Å². The molecule has 1 aromatic rings. The Morgan fingerprint density at radius 1 is 0.571 bits per heavy atom. The number of aromatic amines is 2. The van der Waals surface area contributed by atoms with E-state index in [0.717, 1.165) is 0 Å². The molecule has 0 aliphatic carbocycles. The summed E-state index contributed by atoms with van der Waals surface area (Å²) in [4.78, 5) is 164. The number of aliphatic carboxylic acids is 1. The summed E-state index contributed by atoms with van der Waals surface area (Å²) in [5.41, 5.74) is 38.7. The van der Waals surface area contributed by atoms with Crippen LogP contribution in [0.4, 0.5) is 0 Å². The van der Waals surface area contributed by atoms with Gasteiger partial charge in [-0.25, -0.2) is 4.98 Å². The van der Waals surface area contributed by atoms with E-state index in [1.807, 2.05) is 0 Å². The van der Waals surface area contributed by atoms with Gasteiger partial charge < -0.3 is 86.5 Å². The van der Waals surface area contributed by atoms with Crippen LogP contribution >= 0.6 is 0 Å². The van der Waals surface area contributed by atoms with E-state index in [0.29, 0.717) is 18.5 Å². The standard InChI is InChI=1S/C44H76N18O15/c1-21(2)14-27(58-38(72)26(9-10-32(47)65)57-42(76)30(18-63)61-36(70)23(46)8-11-34(67)68)39(73)59-28(15-22-17-52-20-54-22)40(74)62-31(19-64)43(77)60-29(16-33(48)66)41(75)56-25(6-3-4-12-45)37(71)55-24(35(49)69)7-5-13-53-44(50)51/h17,20-21,23-31,63-64H,3-16,18-19,45-46H2,1-2H3,(H2,47,65)(H2,48,66)(H2,49,69)(H,52,54)(H,55,71)(H,56,75)(H,57,76)(H,58,72)(H,59,73)(H,60,77)(H,61,70)(H,62,74)(H,67,68)(H4,50,51,53)/p+2/t23-,24-,25-,26-,27-,28-,29-,30-,31-/m0/s1. The number of carboxylic acid groups (broad SMARTS) is 1. The number of aliphatic hydroxyl groups is 2. The minimum atomic E-state index is -1.88. The number of rotatable bonds is 39. The predicted octanol–water partition coefficient (Wildman–Crippen LogP) is -11.6. The molecule has 0 bridgehead atoms. The van der Waals surface area contributed by atoms with Crippen LogP contribution in [0.15, 0.2) is 12.5 Å². The zero-order valence-electron chi connectivity index (χ0n) is 43.0. The van der Waals surface area contributed by atoms with Crippen molar-refractivity contribution in [1.29, 1.82) is 0 Å². The third-order valence-corrected chi connectivity index (χ3v) is 11.2. The number of hydrogen-bond donors (Lipinski definition) is 20. The molecule has 0 aliphatic heterocycles. The molecule has 0 spiro atoms. The first kappa shape index (κ1) is 67.0. The lowest BCUT2D eigenvalue weighted by molar-refractivity contribution is -0.459. The maximum absolute atomic E-state index is 14.1. The fourth-order valence-corrected chi connectivity index (χ4v) is 7.10. The first-order valence-corrected chi connectivity index (χ1v) is 24.6. The second-order valence-corrected chi connectivity index (χ2v) is 18.2. The van der Waals surface area contributed by atoms with E-state index in [-0.39, 0.29) is 63.5 Å². The Balaban J connectivity index is 3.43. The molecule has 9 atom stereocenters. The lowest BCUT2D eigenvalue weighted by Crippen LogP contribution is -2.78. The molecule has 1 rings (SSSR count). The first-order valence-electron chi connectivity index (χ1n) is 24.6. The molecule has 33 heteroatoms. The molecule has 11 amide bonds. The second-order valence-electron chi connectivity index (χ2n) is 18.2. The molecule has 0 fully saturated rings. The van der Waals surface area contributed by atoms with E-state index >= 15 is 0 Å². The van der Waals surface area contributed by atoms with Crippen LogP contribution in [0.5, 0.6) is 0 Å². The number of primary amides is 3.